The van der Waals surface area contributed by atoms with Gasteiger partial charge in [-0.3, -0.25) is 0 Å². The minimum absolute atomic E-state index is 0.268. The second-order valence-corrected chi connectivity index (χ2v) is 11.4. The second kappa shape index (κ2) is 7.57. The third-order valence-electron chi connectivity index (χ3n) is 4.57. The van der Waals surface area contributed by atoms with Gasteiger partial charge in [0.05, 0.1) is 5.60 Å². The minimum atomic E-state index is -1.52. The molecule has 0 radical (unpaired) electrons. The third-order valence-corrected chi connectivity index (χ3v) is 9.34. The van der Waals surface area contributed by atoms with Crippen molar-refractivity contribution in [1.82, 2.24) is 0 Å². The Morgan fingerprint density at radius 1 is 1.05 bits per heavy atom. The Bertz CT molecular complexity index is 408. The van der Waals surface area contributed by atoms with Crippen molar-refractivity contribution in [2.45, 2.75) is 77.8 Å². The minimum Gasteiger partial charge on any atom is -0.414 e. The Morgan fingerprint density at radius 2 is 1.52 bits per heavy atom. The van der Waals surface area contributed by atoms with Crippen molar-refractivity contribution in [1.29, 1.82) is 0 Å². The van der Waals surface area contributed by atoms with Gasteiger partial charge in [-0.15, -0.1) is 0 Å². The summed E-state index contributed by atoms with van der Waals surface area (Å²) in [5.41, 5.74) is 1.47. The lowest BCUT2D eigenvalue weighted by Gasteiger charge is -2.32. The van der Waals surface area contributed by atoms with Gasteiger partial charge in [0, 0.05) is 6.10 Å². The lowest BCUT2D eigenvalue weighted by Crippen LogP contribution is -2.39. The summed E-state index contributed by atoms with van der Waals surface area (Å²) >= 11 is 0. The Labute approximate surface area is 131 Å². The van der Waals surface area contributed by atoms with Crippen LogP contribution in [0, 0.1) is 0 Å². The fourth-order valence-corrected chi connectivity index (χ4v) is 5.79. The molecule has 0 spiro atoms. The predicted octanol–water partition coefficient (Wildman–Crippen LogP) is 4.87. The highest BCUT2D eigenvalue weighted by Gasteiger charge is 2.30. The van der Waals surface area contributed by atoms with Crippen LogP contribution in [0.5, 0.6) is 0 Å². The van der Waals surface area contributed by atoms with Crippen LogP contribution in [-0.4, -0.2) is 19.5 Å². The first-order valence-corrected chi connectivity index (χ1v) is 10.8. The Morgan fingerprint density at radius 3 is 1.90 bits per heavy atom. The maximum absolute atomic E-state index is 9.99. The Balaban J connectivity index is 2.69. The average Bonchev–Trinajstić information content (AvgIpc) is 2.44. The zero-order chi connectivity index (χ0) is 16.1. The molecule has 0 fully saturated rings. The van der Waals surface area contributed by atoms with Crippen LogP contribution in [-0.2, 0) is 16.4 Å². The highest BCUT2D eigenvalue weighted by atomic mass is 28.4. The van der Waals surface area contributed by atoms with Gasteiger partial charge in [-0.2, -0.15) is 0 Å². The summed E-state index contributed by atoms with van der Waals surface area (Å²) in [5, 5.41) is 9.99. The maximum Gasteiger partial charge on any atom is 0.192 e. The van der Waals surface area contributed by atoms with E-state index >= 15 is 0 Å². The van der Waals surface area contributed by atoms with E-state index in [4.69, 9.17) is 4.43 Å². The van der Waals surface area contributed by atoms with Crippen molar-refractivity contribution >= 4 is 8.32 Å². The summed E-state index contributed by atoms with van der Waals surface area (Å²) in [6.07, 6.45) is 1.21. The van der Waals surface area contributed by atoms with Crippen LogP contribution in [0.3, 0.4) is 0 Å². The van der Waals surface area contributed by atoms with E-state index < -0.39 is 13.9 Å². The Hall–Kier alpha value is -0.643. The SMILES string of the molecule is CC[Si](CC)(CC)OC(C)Cc1ccc(C(C)(C)O)cc1. The molecule has 1 aromatic carbocycles. The van der Waals surface area contributed by atoms with Gasteiger partial charge >= 0.3 is 0 Å². The largest absolute Gasteiger partial charge is 0.414 e. The lowest BCUT2D eigenvalue weighted by molar-refractivity contribution is 0.0786. The fraction of sp³-hybridized carbons (Fsp3) is 0.667. The zero-order valence-electron chi connectivity index (χ0n) is 14.6. The number of rotatable bonds is 8. The molecule has 21 heavy (non-hydrogen) atoms. The van der Waals surface area contributed by atoms with E-state index in [1.807, 2.05) is 26.0 Å². The van der Waals surface area contributed by atoms with Crippen molar-refractivity contribution in [2.24, 2.45) is 0 Å². The Kier molecular flexibility index (Phi) is 6.63. The average molecular weight is 309 g/mol. The monoisotopic (exact) mass is 308 g/mol. The second-order valence-electron chi connectivity index (χ2n) is 6.63. The van der Waals surface area contributed by atoms with E-state index in [-0.39, 0.29) is 6.10 Å². The standard InChI is InChI=1S/C18H32O2Si/c1-7-21(8-2,9-3)20-15(4)14-16-10-12-17(13-11-16)18(5,6)19/h10-13,15,19H,7-9,14H2,1-6H3. The first-order chi connectivity index (χ1) is 9.76. The first kappa shape index (κ1) is 18.4. The van der Waals surface area contributed by atoms with Gasteiger partial charge in [0.15, 0.2) is 8.32 Å². The molecule has 1 atom stereocenters. The van der Waals surface area contributed by atoms with Crippen molar-refractivity contribution < 1.29 is 9.53 Å². The first-order valence-electron chi connectivity index (χ1n) is 8.26. The molecule has 0 amide bonds. The van der Waals surface area contributed by atoms with Crippen LogP contribution in [0.2, 0.25) is 18.1 Å². The summed E-state index contributed by atoms with van der Waals surface area (Å²) < 4.78 is 6.48. The number of benzene rings is 1. The van der Waals surface area contributed by atoms with Gasteiger partial charge in [-0.25, -0.2) is 0 Å². The summed E-state index contributed by atoms with van der Waals surface area (Å²) in [7, 11) is -1.52. The van der Waals surface area contributed by atoms with E-state index in [9.17, 15) is 5.11 Å². The van der Waals surface area contributed by atoms with Gasteiger partial charge in [0.1, 0.15) is 0 Å². The molecule has 0 bridgehead atoms. The molecular weight excluding hydrogens is 276 g/mol. The molecule has 0 heterocycles. The van der Waals surface area contributed by atoms with Crippen LogP contribution in [0.25, 0.3) is 0 Å². The van der Waals surface area contributed by atoms with E-state index in [1.54, 1.807) is 0 Å². The van der Waals surface area contributed by atoms with E-state index in [0.29, 0.717) is 0 Å². The smallest absolute Gasteiger partial charge is 0.192 e. The van der Waals surface area contributed by atoms with Gasteiger partial charge in [-0.05, 0) is 56.5 Å². The summed E-state index contributed by atoms with van der Waals surface area (Å²) in [5.74, 6) is 0. The van der Waals surface area contributed by atoms with Crippen LogP contribution in [0.4, 0.5) is 0 Å². The molecule has 0 aliphatic heterocycles. The van der Waals surface area contributed by atoms with Crippen LogP contribution in [0.15, 0.2) is 24.3 Å². The molecule has 3 heteroatoms. The third kappa shape index (κ3) is 5.24. The quantitative estimate of drug-likeness (QED) is 0.694. The maximum atomic E-state index is 9.99. The van der Waals surface area contributed by atoms with Crippen molar-refractivity contribution in [3.8, 4) is 0 Å². The van der Waals surface area contributed by atoms with Crippen LogP contribution < -0.4 is 0 Å². The number of hydrogen-bond donors (Lipinski definition) is 1. The lowest BCUT2D eigenvalue weighted by atomic mass is 9.96. The van der Waals surface area contributed by atoms with E-state index in [1.165, 1.54) is 23.7 Å². The molecule has 0 aromatic heterocycles. The molecular formula is C18H32O2Si. The topological polar surface area (TPSA) is 29.5 Å². The molecule has 1 aromatic rings. The molecule has 120 valence electrons. The molecule has 0 saturated heterocycles. The summed E-state index contributed by atoms with van der Waals surface area (Å²) in [6, 6.07) is 11.9. The van der Waals surface area contributed by atoms with Crippen LogP contribution in [0.1, 0.15) is 52.7 Å². The number of hydrogen-bond acceptors (Lipinski definition) is 2. The summed E-state index contributed by atoms with van der Waals surface area (Å²) in [6.45, 7) is 12.6. The van der Waals surface area contributed by atoms with Crippen molar-refractivity contribution in [2.75, 3.05) is 0 Å². The molecule has 0 saturated carbocycles. The molecule has 2 nitrogen and oxygen atoms in total. The molecule has 1 N–H and O–H groups in total. The van der Waals surface area contributed by atoms with Crippen LogP contribution >= 0.6 is 0 Å². The normalized spacial score (nSPS) is 14.2. The van der Waals surface area contributed by atoms with Crippen molar-refractivity contribution in [3.63, 3.8) is 0 Å². The van der Waals surface area contributed by atoms with Gasteiger partial charge < -0.3 is 9.53 Å². The highest BCUT2D eigenvalue weighted by molar-refractivity contribution is 6.73. The number of aliphatic hydroxyl groups is 1. The van der Waals surface area contributed by atoms with E-state index in [2.05, 4.69) is 39.8 Å². The zero-order valence-corrected chi connectivity index (χ0v) is 15.6. The predicted molar refractivity (Wildman–Crippen MR) is 93.1 cm³/mol. The van der Waals surface area contributed by atoms with Gasteiger partial charge in [0.2, 0.25) is 0 Å². The molecule has 1 unspecified atom stereocenters. The highest BCUT2D eigenvalue weighted by Crippen LogP contribution is 2.25. The fourth-order valence-electron chi connectivity index (χ4n) is 2.85. The summed E-state index contributed by atoms with van der Waals surface area (Å²) in [4.78, 5) is 0. The molecule has 1 rings (SSSR count). The van der Waals surface area contributed by atoms with Gasteiger partial charge in [-0.1, -0.05) is 45.0 Å². The molecule has 0 aliphatic rings. The van der Waals surface area contributed by atoms with Gasteiger partial charge in [0.25, 0.3) is 0 Å². The van der Waals surface area contributed by atoms with Crippen molar-refractivity contribution in [3.05, 3.63) is 35.4 Å². The van der Waals surface area contributed by atoms with E-state index in [0.717, 1.165) is 12.0 Å². The molecule has 0 aliphatic carbocycles.